The number of hydrogen-bond donors (Lipinski definition) is 0. The Morgan fingerprint density at radius 1 is 1.00 bits per heavy atom. The quantitative estimate of drug-likeness (QED) is 0.514. The molecule has 0 aromatic heterocycles. The van der Waals surface area contributed by atoms with Crippen LogP contribution in [-0.4, -0.2) is 6.21 Å². The monoisotopic (exact) mass is 323 g/mol. The molecule has 2 unspecified atom stereocenters. The average Bonchev–Trinajstić information content (AvgIpc) is 2.62. The van der Waals surface area contributed by atoms with E-state index >= 15 is 0 Å². The summed E-state index contributed by atoms with van der Waals surface area (Å²) in [5.74, 6) is 0. The van der Waals surface area contributed by atoms with Gasteiger partial charge in [-0.05, 0) is 44.1 Å². The molecule has 0 aliphatic carbocycles. The van der Waals surface area contributed by atoms with Crippen LogP contribution in [0, 0.1) is 5.41 Å². The van der Waals surface area contributed by atoms with Crippen LogP contribution in [0.5, 0.6) is 0 Å². The number of aliphatic imine (C=N–C) groups is 1. The molecule has 1 heteroatoms. The Hall–Kier alpha value is -1.63. The van der Waals surface area contributed by atoms with E-state index in [0.717, 1.165) is 32.1 Å². The Balaban J connectivity index is 2.28. The molecule has 0 fully saturated rings. The van der Waals surface area contributed by atoms with Crippen molar-refractivity contribution >= 4 is 6.21 Å². The van der Waals surface area contributed by atoms with Crippen molar-refractivity contribution in [1.29, 1.82) is 0 Å². The van der Waals surface area contributed by atoms with Gasteiger partial charge in [-0.3, -0.25) is 4.99 Å². The fourth-order valence-corrected chi connectivity index (χ4v) is 3.34. The lowest BCUT2D eigenvalue weighted by atomic mass is 9.78. The summed E-state index contributed by atoms with van der Waals surface area (Å²) in [6, 6.07) is 11.0. The molecule has 1 aliphatic rings. The van der Waals surface area contributed by atoms with Crippen LogP contribution in [0.2, 0.25) is 0 Å². The van der Waals surface area contributed by atoms with Crippen LogP contribution in [0.25, 0.3) is 0 Å². The van der Waals surface area contributed by atoms with Crippen molar-refractivity contribution in [3.63, 3.8) is 0 Å². The van der Waals surface area contributed by atoms with Gasteiger partial charge in [0.05, 0.1) is 6.04 Å². The van der Waals surface area contributed by atoms with E-state index in [1.54, 1.807) is 0 Å². The van der Waals surface area contributed by atoms with Crippen molar-refractivity contribution < 1.29 is 0 Å². The van der Waals surface area contributed by atoms with Crippen molar-refractivity contribution in [3.05, 3.63) is 60.2 Å². The van der Waals surface area contributed by atoms with Gasteiger partial charge < -0.3 is 0 Å². The van der Waals surface area contributed by atoms with Gasteiger partial charge in [0.2, 0.25) is 0 Å². The van der Waals surface area contributed by atoms with E-state index in [0.29, 0.717) is 0 Å². The summed E-state index contributed by atoms with van der Waals surface area (Å²) >= 11 is 0. The molecule has 0 N–H and O–H groups in total. The standard InChI is InChI=1S/C23H33N/c1-3-5-18-23(4-2)19-14-9-7-6-8-13-17-22(24-20-23)21-15-11-10-12-16-21/h8-16,20,22H,3-7,17-19H2,1-2H3/b13-8+,14-9+,24-20+. The lowest BCUT2D eigenvalue weighted by Crippen LogP contribution is -2.21. The summed E-state index contributed by atoms with van der Waals surface area (Å²) in [5, 5.41) is 0. The molecule has 2 atom stereocenters. The van der Waals surface area contributed by atoms with Gasteiger partial charge in [0, 0.05) is 11.6 Å². The van der Waals surface area contributed by atoms with Crippen molar-refractivity contribution in [1.82, 2.24) is 0 Å². The second kappa shape index (κ2) is 10.3. The molecule has 1 nitrogen and oxygen atoms in total. The van der Waals surface area contributed by atoms with E-state index in [1.165, 1.54) is 24.8 Å². The lowest BCUT2D eigenvalue weighted by molar-refractivity contribution is 0.369. The Bertz CT molecular complexity index is 540. The van der Waals surface area contributed by atoms with Crippen LogP contribution in [0.4, 0.5) is 0 Å². The number of allylic oxidation sites excluding steroid dienone is 3. The van der Waals surface area contributed by atoms with Gasteiger partial charge in [-0.2, -0.15) is 0 Å². The van der Waals surface area contributed by atoms with Crippen LogP contribution in [0.3, 0.4) is 0 Å². The molecular formula is C23H33N. The highest BCUT2D eigenvalue weighted by Gasteiger charge is 2.24. The van der Waals surface area contributed by atoms with Crippen LogP contribution < -0.4 is 0 Å². The topological polar surface area (TPSA) is 12.4 Å². The largest absolute Gasteiger partial charge is 0.289 e. The third-order valence-electron chi connectivity index (χ3n) is 5.16. The summed E-state index contributed by atoms with van der Waals surface area (Å²) < 4.78 is 0. The highest BCUT2D eigenvalue weighted by Crippen LogP contribution is 2.33. The number of rotatable bonds is 5. The number of unbranched alkanes of at least 4 members (excludes halogenated alkanes) is 1. The summed E-state index contributed by atoms with van der Waals surface area (Å²) in [7, 11) is 0. The summed E-state index contributed by atoms with van der Waals surface area (Å²) in [6.45, 7) is 4.60. The molecule has 2 rings (SSSR count). The van der Waals surface area contributed by atoms with E-state index in [9.17, 15) is 0 Å². The van der Waals surface area contributed by atoms with Gasteiger partial charge in [0.25, 0.3) is 0 Å². The maximum absolute atomic E-state index is 5.09. The number of nitrogens with zero attached hydrogens (tertiary/aromatic N) is 1. The van der Waals surface area contributed by atoms with Crippen molar-refractivity contribution in [2.75, 3.05) is 0 Å². The molecule has 1 heterocycles. The molecule has 0 saturated heterocycles. The first-order valence-corrected chi connectivity index (χ1v) is 9.69. The van der Waals surface area contributed by atoms with Crippen LogP contribution in [0.15, 0.2) is 59.6 Å². The minimum atomic E-state index is 0.225. The first-order chi connectivity index (χ1) is 11.8. The summed E-state index contributed by atoms with van der Waals surface area (Å²) in [5.41, 5.74) is 1.55. The zero-order chi connectivity index (χ0) is 17.1. The molecule has 130 valence electrons. The lowest BCUT2D eigenvalue weighted by Gasteiger charge is -2.28. The van der Waals surface area contributed by atoms with Crippen molar-refractivity contribution in [2.45, 2.75) is 71.3 Å². The second-order valence-electron chi connectivity index (χ2n) is 6.98. The average molecular weight is 324 g/mol. The van der Waals surface area contributed by atoms with Gasteiger partial charge in [-0.25, -0.2) is 0 Å². The molecule has 0 spiro atoms. The van der Waals surface area contributed by atoms with Gasteiger partial charge in [-0.1, -0.05) is 81.3 Å². The van der Waals surface area contributed by atoms with E-state index in [2.05, 4.69) is 74.7 Å². The van der Waals surface area contributed by atoms with Crippen molar-refractivity contribution in [3.8, 4) is 0 Å². The third kappa shape index (κ3) is 5.78. The van der Waals surface area contributed by atoms with Gasteiger partial charge >= 0.3 is 0 Å². The fraction of sp³-hybridized carbons (Fsp3) is 0.522. The molecule has 0 saturated carbocycles. The first-order valence-electron chi connectivity index (χ1n) is 9.69. The third-order valence-corrected chi connectivity index (χ3v) is 5.16. The molecule has 24 heavy (non-hydrogen) atoms. The smallest absolute Gasteiger partial charge is 0.0779 e. The zero-order valence-corrected chi connectivity index (χ0v) is 15.5. The van der Waals surface area contributed by atoms with Crippen LogP contribution >= 0.6 is 0 Å². The Kier molecular flexibility index (Phi) is 8.01. The SMILES string of the molecule is CCCCC1(CC)/C=N/C(c2ccccc2)C/C=C/CC/C=C/C1. The Morgan fingerprint density at radius 2 is 1.75 bits per heavy atom. The fourth-order valence-electron chi connectivity index (χ4n) is 3.34. The number of benzene rings is 1. The van der Waals surface area contributed by atoms with E-state index in [-0.39, 0.29) is 11.5 Å². The first kappa shape index (κ1) is 18.7. The molecule has 1 aromatic carbocycles. The maximum atomic E-state index is 5.09. The molecule has 0 bridgehead atoms. The van der Waals surface area contributed by atoms with E-state index in [4.69, 9.17) is 4.99 Å². The normalized spacial score (nSPS) is 29.2. The van der Waals surface area contributed by atoms with E-state index in [1.807, 2.05) is 0 Å². The maximum Gasteiger partial charge on any atom is 0.0779 e. The van der Waals surface area contributed by atoms with Gasteiger partial charge in [0.1, 0.15) is 0 Å². The summed E-state index contributed by atoms with van der Waals surface area (Å²) in [6.07, 6.45) is 21.0. The number of hydrogen-bond acceptors (Lipinski definition) is 1. The summed E-state index contributed by atoms with van der Waals surface area (Å²) in [4.78, 5) is 5.09. The zero-order valence-electron chi connectivity index (χ0n) is 15.5. The predicted molar refractivity (Wildman–Crippen MR) is 107 cm³/mol. The van der Waals surface area contributed by atoms with Crippen molar-refractivity contribution in [2.24, 2.45) is 10.4 Å². The molecular weight excluding hydrogens is 290 g/mol. The Labute approximate surface area is 148 Å². The minimum Gasteiger partial charge on any atom is -0.289 e. The van der Waals surface area contributed by atoms with Crippen LogP contribution in [0.1, 0.15) is 76.8 Å². The van der Waals surface area contributed by atoms with Gasteiger partial charge in [-0.15, -0.1) is 0 Å². The highest BCUT2D eigenvalue weighted by atomic mass is 14.8. The van der Waals surface area contributed by atoms with Gasteiger partial charge in [0.15, 0.2) is 0 Å². The second-order valence-corrected chi connectivity index (χ2v) is 6.98. The molecule has 0 radical (unpaired) electrons. The predicted octanol–water partition coefficient (Wildman–Crippen LogP) is 7.07. The molecule has 1 aliphatic heterocycles. The molecule has 0 amide bonds. The highest BCUT2D eigenvalue weighted by molar-refractivity contribution is 5.66. The van der Waals surface area contributed by atoms with E-state index < -0.39 is 0 Å². The Morgan fingerprint density at radius 3 is 2.46 bits per heavy atom. The minimum absolute atomic E-state index is 0.225. The van der Waals surface area contributed by atoms with Crippen LogP contribution in [-0.2, 0) is 0 Å². The molecule has 1 aromatic rings.